The highest BCUT2D eigenvalue weighted by atomic mass is 32.1. The van der Waals surface area contributed by atoms with Crippen LogP contribution in [0, 0.1) is 0 Å². The summed E-state index contributed by atoms with van der Waals surface area (Å²) in [5, 5.41) is 9.72. The van der Waals surface area contributed by atoms with Crippen LogP contribution in [0.5, 0.6) is 0 Å². The van der Waals surface area contributed by atoms with E-state index < -0.39 is 0 Å². The number of nitrogens with one attached hydrogen (secondary N) is 2. The number of nitrogens with zero attached hydrogens (tertiary/aromatic N) is 2. The molecular weight excluding hydrogens is 280 g/mol. The highest BCUT2D eigenvalue weighted by Crippen LogP contribution is 2.30. The normalized spacial score (nSPS) is 12.3. The predicted molar refractivity (Wildman–Crippen MR) is 90.1 cm³/mol. The van der Waals surface area contributed by atoms with Gasteiger partial charge in [0, 0.05) is 7.05 Å². The van der Waals surface area contributed by atoms with Gasteiger partial charge in [0.05, 0.1) is 11.4 Å². The highest BCUT2D eigenvalue weighted by molar-refractivity contribution is 7.16. The number of hydrogen-bond acceptors (Lipinski definition) is 5. The average molecular weight is 298 g/mol. The van der Waals surface area contributed by atoms with Crippen LogP contribution in [0.4, 0.5) is 11.8 Å². The van der Waals surface area contributed by atoms with Gasteiger partial charge >= 0.3 is 0 Å². The summed E-state index contributed by atoms with van der Waals surface area (Å²) in [5.74, 6) is 1.54. The molecule has 1 aromatic carbocycles. The van der Waals surface area contributed by atoms with Gasteiger partial charge in [-0.25, -0.2) is 4.98 Å². The molecule has 3 rings (SSSR count). The van der Waals surface area contributed by atoms with E-state index in [0.29, 0.717) is 5.95 Å². The van der Waals surface area contributed by atoms with E-state index in [1.807, 2.05) is 18.5 Å². The molecule has 2 aromatic heterocycles. The van der Waals surface area contributed by atoms with E-state index in [0.717, 1.165) is 22.5 Å². The number of benzene rings is 1. The van der Waals surface area contributed by atoms with Crippen LogP contribution in [0.3, 0.4) is 0 Å². The van der Waals surface area contributed by atoms with Gasteiger partial charge in [-0.3, -0.25) is 0 Å². The summed E-state index contributed by atoms with van der Waals surface area (Å²) in [7, 11) is 1.84. The van der Waals surface area contributed by atoms with Gasteiger partial charge in [0.1, 0.15) is 10.6 Å². The maximum atomic E-state index is 4.58. The van der Waals surface area contributed by atoms with Crippen molar-refractivity contribution in [2.45, 2.75) is 19.4 Å². The first-order valence-corrected chi connectivity index (χ1v) is 7.94. The molecule has 1 atom stereocenters. The summed E-state index contributed by atoms with van der Waals surface area (Å²) in [4.78, 5) is 10.1. The Morgan fingerprint density at radius 1 is 1.14 bits per heavy atom. The molecule has 0 fully saturated rings. The molecule has 3 aromatic rings. The quantitative estimate of drug-likeness (QED) is 0.737. The number of hydrogen-bond donors (Lipinski definition) is 2. The molecule has 0 aliphatic rings. The number of fused-ring (bicyclic) bond motifs is 1. The molecule has 1 unspecified atom stereocenters. The van der Waals surface area contributed by atoms with Crippen LogP contribution in [0.15, 0.2) is 41.8 Å². The molecule has 2 N–H and O–H groups in total. The van der Waals surface area contributed by atoms with Crippen LogP contribution in [0.1, 0.15) is 24.9 Å². The number of anilines is 2. The smallest absolute Gasteiger partial charge is 0.225 e. The Morgan fingerprint density at radius 3 is 2.67 bits per heavy atom. The lowest BCUT2D eigenvalue weighted by molar-refractivity contribution is 0.746. The topological polar surface area (TPSA) is 49.8 Å². The van der Waals surface area contributed by atoms with Gasteiger partial charge in [0.25, 0.3) is 0 Å². The van der Waals surface area contributed by atoms with Crippen molar-refractivity contribution < 1.29 is 0 Å². The first-order chi connectivity index (χ1) is 10.3. The van der Waals surface area contributed by atoms with Crippen LogP contribution < -0.4 is 10.6 Å². The lowest BCUT2D eigenvalue weighted by atomic mass is 10.0. The van der Waals surface area contributed by atoms with Gasteiger partial charge in [-0.2, -0.15) is 4.98 Å². The standard InChI is InChI=1S/C16H18N4S/c1-3-13(11-7-5-4-6-8-11)18-14-12-9-10-21-15(12)20-16(17-2)19-14/h4-10,13H,3H2,1-2H3,(H2,17,18,19,20). The van der Waals surface area contributed by atoms with Crippen molar-refractivity contribution in [3.8, 4) is 0 Å². The molecule has 108 valence electrons. The third kappa shape index (κ3) is 2.83. The molecule has 5 heteroatoms. The van der Waals surface area contributed by atoms with E-state index >= 15 is 0 Å². The lowest BCUT2D eigenvalue weighted by Gasteiger charge is -2.19. The highest BCUT2D eigenvalue weighted by Gasteiger charge is 2.13. The molecule has 0 spiro atoms. The van der Waals surface area contributed by atoms with Gasteiger partial charge < -0.3 is 10.6 Å². The Bertz CT molecular complexity index is 723. The van der Waals surface area contributed by atoms with Crippen molar-refractivity contribution in [3.63, 3.8) is 0 Å². The van der Waals surface area contributed by atoms with E-state index in [4.69, 9.17) is 0 Å². The SMILES string of the molecule is CCC(Nc1nc(NC)nc2sccc12)c1ccccc1. The van der Waals surface area contributed by atoms with E-state index in [9.17, 15) is 0 Å². The van der Waals surface area contributed by atoms with Crippen molar-refractivity contribution >= 4 is 33.3 Å². The second-order valence-electron chi connectivity index (χ2n) is 4.80. The van der Waals surface area contributed by atoms with E-state index in [2.05, 4.69) is 57.9 Å². The molecule has 0 aliphatic carbocycles. The Hall–Kier alpha value is -2.14. The molecular formula is C16H18N4S. The molecule has 21 heavy (non-hydrogen) atoms. The number of thiophene rings is 1. The minimum Gasteiger partial charge on any atom is -0.363 e. The van der Waals surface area contributed by atoms with E-state index in [1.54, 1.807) is 11.3 Å². The fraction of sp³-hybridized carbons (Fsp3) is 0.250. The summed E-state index contributed by atoms with van der Waals surface area (Å²) in [6.45, 7) is 2.18. The molecule has 0 saturated carbocycles. The molecule has 0 radical (unpaired) electrons. The summed E-state index contributed by atoms with van der Waals surface area (Å²) >= 11 is 1.63. The second kappa shape index (κ2) is 6.10. The fourth-order valence-electron chi connectivity index (χ4n) is 2.35. The molecule has 2 heterocycles. The van der Waals surface area contributed by atoms with Gasteiger partial charge in [-0.05, 0) is 23.4 Å². The first-order valence-electron chi connectivity index (χ1n) is 7.06. The maximum absolute atomic E-state index is 4.58. The zero-order chi connectivity index (χ0) is 14.7. The van der Waals surface area contributed by atoms with Crippen molar-refractivity contribution in [2.24, 2.45) is 0 Å². The fourth-order valence-corrected chi connectivity index (χ4v) is 3.11. The van der Waals surface area contributed by atoms with Crippen LogP contribution >= 0.6 is 11.3 Å². The van der Waals surface area contributed by atoms with Gasteiger partial charge in [-0.1, -0.05) is 37.3 Å². The van der Waals surface area contributed by atoms with Gasteiger partial charge in [0.2, 0.25) is 5.95 Å². The Labute approximate surface area is 128 Å². The Balaban J connectivity index is 1.98. The van der Waals surface area contributed by atoms with Crippen LogP contribution in [-0.4, -0.2) is 17.0 Å². The summed E-state index contributed by atoms with van der Waals surface area (Å²) in [6.07, 6.45) is 0.995. The zero-order valence-corrected chi connectivity index (χ0v) is 12.9. The van der Waals surface area contributed by atoms with Crippen molar-refractivity contribution in [3.05, 3.63) is 47.3 Å². The molecule has 0 aliphatic heterocycles. The van der Waals surface area contributed by atoms with Gasteiger partial charge in [0.15, 0.2) is 0 Å². The number of rotatable bonds is 5. The minimum absolute atomic E-state index is 0.244. The largest absolute Gasteiger partial charge is 0.363 e. The van der Waals surface area contributed by atoms with Gasteiger partial charge in [-0.15, -0.1) is 11.3 Å². The van der Waals surface area contributed by atoms with Crippen LogP contribution in [0.25, 0.3) is 10.2 Å². The first kappa shape index (κ1) is 13.8. The van der Waals surface area contributed by atoms with E-state index in [1.165, 1.54) is 5.56 Å². The summed E-state index contributed by atoms with van der Waals surface area (Å²) < 4.78 is 0. The van der Waals surface area contributed by atoms with Crippen LogP contribution in [-0.2, 0) is 0 Å². The predicted octanol–water partition coefficient (Wildman–Crippen LogP) is 4.30. The molecule has 4 nitrogen and oxygen atoms in total. The third-order valence-corrected chi connectivity index (χ3v) is 4.28. The Kier molecular flexibility index (Phi) is 4.01. The molecule has 0 bridgehead atoms. The Morgan fingerprint density at radius 2 is 1.95 bits per heavy atom. The third-order valence-electron chi connectivity index (χ3n) is 3.47. The van der Waals surface area contributed by atoms with Crippen LogP contribution in [0.2, 0.25) is 0 Å². The lowest BCUT2D eigenvalue weighted by Crippen LogP contribution is -2.12. The monoisotopic (exact) mass is 298 g/mol. The summed E-state index contributed by atoms with van der Waals surface area (Å²) in [6, 6.07) is 12.8. The average Bonchev–Trinajstić information content (AvgIpc) is 3.01. The van der Waals surface area contributed by atoms with Crippen molar-refractivity contribution in [1.82, 2.24) is 9.97 Å². The molecule has 0 saturated heterocycles. The minimum atomic E-state index is 0.244. The van der Waals surface area contributed by atoms with E-state index in [-0.39, 0.29) is 6.04 Å². The zero-order valence-electron chi connectivity index (χ0n) is 12.1. The van der Waals surface area contributed by atoms with Crippen molar-refractivity contribution in [2.75, 3.05) is 17.7 Å². The summed E-state index contributed by atoms with van der Waals surface area (Å²) in [5.41, 5.74) is 1.27. The second-order valence-corrected chi connectivity index (χ2v) is 5.70. The number of aromatic nitrogens is 2. The maximum Gasteiger partial charge on any atom is 0.225 e. The van der Waals surface area contributed by atoms with Crippen molar-refractivity contribution in [1.29, 1.82) is 0 Å². The molecule has 0 amide bonds.